The van der Waals surface area contributed by atoms with E-state index in [2.05, 4.69) is 0 Å². The zero-order chi connectivity index (χ0) is 34.0. The van der Waals surface area contributed by atoms with E-state index >= 15 is 0 Å². The Morgan fingerprint density at radius 3 is 2.19 bits per heavy atom. The number of allylic oxidation sites excluding steroid dienone is 2. The number of esters is 2. The maximum absolute atomic E-state index is 14.8. The third-order valence-corrected chi connectivity index (χ3v) is 8.25. The largest absolute Gasteiger partial charge is 0.497 e. The maximum Gasteiger partial charge on any atom is 0.416 e. The van der Waals surface area contributed by atoms with Gasteiger partial charge in [-0.1, -0.05) is 24.3 Å². The number of halogens is 4. The number of methoxy groups -OCH3 is 1. The van der Waals surface area contributed by atoms with E-state index in [-0.39, 0.29) is 48.0 Å². The molecule has 0 saturated carbocycles. The normalized spacial score (nSPS) is 19.8. The number of nitrogens with zero attached hydrogens (tertiary/aromatic N) is 1. The summed E-state index contributed by atoms with van der Waals surface area (Å²) >= 11 is 0. The Bertz CT molecular complexity index is 1750. The average molecular weight is 653 g/mol. The second kappa shape index (κ2) is 13.3. The quantitative estimate of drug-likeness (QED) is 0.170. The molecule has 0 spiro atoms. The first-order valence-electron chi connectivity index (χ1n) is 14.9. The Kier molecular flexibility index (Phi) is 9.41. The average Bonchev–Trinajstić information content (AvgIpc) is 3.04. The van der Waals surface area contributed by atoms with Crippen molar-refractivity contribution in [3.8, 4) is 5.75 Å². The van der Waals surface area contributed by atoms with Gasteiger partial charge in [0.05, 0.1) is 37.4 Å². The van der Waals surface area contributed by atoms with Gasteiger partial charge in [-0.25, -0.2) is 9.18 Å². The van der Waals surface area contributed by atoms with Gasteiger partial charge in [0.15, 0.2) is 5.78 Å². The van der Waals surface area contributed by atoms with E-state index in [9.17, 15) is 31.9 Å². The number of rotatable bonds is 8. The van der Waals surface area contributed by atoms with E-state index in [0.717, 1.165) is 24.3 Å². The van der Waals surface area contributed by atoms with Crippen LogP contribution in [0.4, 0.5) is 23.2 Å². The molecule has 2 N–H and O–H groups in total. The summed E-state index contributed by atoms with van der Waals surface area (Å²) in [7, 11) is 1.47. The summed E-state index contributed by atoms with van der Waals surface area (Å²) in [6.45, 7) is 3.10. The van der Waals surface area contributed by atoms with E-state index in [0.29, 0.717) is 16.9 Å². The van der Waals surface area contributed by atoms with Crippen molar-refractivity contribution in [2.24, 2.45) is 11.7 Å². The van der Waals surface area contributed by atoms with Gasteiger partial charge >= 0.3 is 18.1 Å². The summed E-state index contributed by atoms with van der Waals surface area (Å²) in [6.07, 6.45) is -4.64. The van der Waals surface area contributed by atoms with E-state index < -0.39 is 53.0 Å². The molecule has 0 amide bonds. The highest BCUT2D eigenvalue weighted by Gasteiger charge is 2.51. The number of hydrogen-bond donors (Lipinski definition) is 1. The molecule has 1 aliphatic carbocycles. The molecular formula is C35H32F4N2O6. The van der Waals surface area contributed by atoms with Crippen LogP contribution >= 0.6 is 0 Å². The van der Waals surface area contributed by atoms with Crippen molar-refractivity contribution in [3.05, 3.63) is 118 Å². The third kappa shape index (κ3) is 6.32. The number of carbonyl (C=O) groups is 3. The van der Waals surface area contributed by atoms with Gasteiger partial charge in [-0.3, -0.25) is 14.5 Å². The number of carbonyl (C=O) groups excluding carboxylic acids is 3. The minimum Gasteiger partial charge on any atom is -0.497 e. The predicted octanol–water partition coefficient (Wildman–Crippen LogP) is 6.38. The Morgan fingerprint density at radius 1 is 0.936 bits per heavy atom. The number of nitrogens with two attached hydrogens (primary N) is 1. The number of Topliss-reactive ketones (excluding diaryl/α,β-unsaturated/α-hetero) is 1. The van der Waals surface area contributed by atoms with Crippen LogP contribution in [0.5, 0.6) is 5.75 Å². The Labute approximate surface area is 268 Å². The summed E-state index contributed by atoms with van der Waals surface area (Å²) in [4.78, 5) is 43.4. The lowest BCUT2D eigenvalue weighted by molar-refractivity contribution is -0.152. The molecule has 0 fully saturated rings. The van der Waals surface area contributed by atoms with Gasteiger partial charge in [0, 0.05) is 22.9 Å². The number of hydrogen-bond acceptors (Lipinski definition) is 8. The van der Waals surface area contributed by atoms with Crippen LogP contribution in [0.2, 0.25) is 0 Å². The molecule has 1 heterocycles. The molecule has 5 rings (SSSR count). The number of ketones is 1. The number of benzene rings is 3. The molecule has 2 aliphatic rings. The number of alkyl halides is 3. The topological polar surface area (TPSA) is 108 Å². The van der Waals surface area contributed by atoms with Crippen molar-refractivity contribution >= 4 is 23.4 Å². The number of ether oxygens (including phenoxy) is 3. The molecule has 0 bridgehead atoms. The second-order valence-corrected chi connectivity index (χ2v) is 10.9. The maximum atomic E-state index is 14.8. The third-order valence-electron chi connectivity index (χ3n) is 8.25. The molecule has 0 unspecified atom stereocenters. The van der Waals surface area contributed by atoms with Crippen LogP contribution in [0.15, 0.2) is 95.5 Å². The predicted molar refractivity (Wildman–Crippen MR) is 163 cm³/mol. The molecule has 12 heteroatoms. The van der Waals surface area contributed by atoms with E-state index in [1.54, 1.807) is 38.1 Å². The fraction of sp³-hybridized carbons (Fsp3) is 0.286. The second-order valence-electron chi connectivity index (χ2n) is 10.9. The van der Waals surface area contributed by atoms with Crippen LogP contribution in [0, 0.1) is 11.7 Å². The monoisotopic (exact) mass is 652 g/mol. The smallest absolute Gasteiger partial charge is 0.416 e. The zero-order valence-electron chi connectivity index (χ0n) is 25.8. The van der Waals surface area contributed by atoms with Gasteiger partial charge in [0.1, 0.15) is 23.3 Å². The van der Waals surface area contributed by atoms with Crippen LogP contribution < -0.4 is 15.4 Å². The molecule has 3 aromatic carbocycles. The van der Waals surface area contributed by atoms with Crippen LogP contribution in [0.25, 0.3) is 0 Å². The van der Waals surface area contributed by atoms with Crippen LogP contribution in [-0.4, -0.2) is 38.0 Å². The Morgan fingerprint density at radius 2 is 1.60 bits per heavy atom. The van der Waals surface area contributed by atoms with Crippen molar-refractivity contribution in [3.63, 3.8) is 0 Å². The fourth-order valence-corrected chi connectivity index (χ4v) is 6.21. The minimum absolute atomic E-state index is 0.00837. The van der Waals surface area contributed by atoms with Gasteiger partial charge in [0.2, 0.25) is 0 Å². The molecule has 3 aromatic rings. The first-order chi connectivity index (χ1) is 22.4. The van der Waals surface area contributed by atoms with Gasteiger partial charge in [-0.05, 0) is 79.9 Å². The van der Waals surface area contributed by atoms with Crippen LogP contribution in [-0.2, 0) is 30.0 Å². The van der Waals surface area contributed by atoms with Crippen molar-refractivity contribution in [2.45, 2.75) is 38.3 Å². The summed E-state index contributed by atoms with van der Waals surface area (Å²) in [6, 6.07) is 16.0. The van der Waals surface area contributed by atoms with Gasteiger partial charge < -0.3 is 19.9 Å². The van der Waals surface area contributed by atoms with Crippen molar-refractivity contribution in [2.75, 3.05) is 25.2 Å². The lowest BCUT2D eigenvalue weighted by Crippen LogP contribution is -2.46. The molecule has 246 valence electrons. The Hall–Kier alpha value is -5.13. The van der Waals surface area contributed by atoms with Crippen LogP contribution in [0.1, 0.15) is 48.8 Å². The molecule has 0 saturated heterocycles. The van der Waals surface area contributed by atoms with E-state index in [1.807, 2.05) is 0 Å². The summed E-state index contributed by atoms with van der Waals surface area (Å²) in [5.41, 5.74) is 6.89. The molecule has 1 aliphatic heterocycles. The molecule has 0 radical (unpaired) electrons. The number of anilines is 1. The van der Waals surface area contributed by atoms with Crippen molar-refractivity contribution < 1.29 is 46.2 Å². The highest BCUT2D eigenvalue weighted by atomic mass is 19.4. The molecular weight excluding hydrogens is 620 g/mol. The molecule has 3 atom stereocenters. The summed E-state index contributed by atoms with van der Waals surface area (Å²) < 4.78 is 70.8. The van der Waals surface area contributed by atoms with Gasteiger partial charge in [-0.2, -0.15) is 13.2 Å². The van der Waals surface area contributed by atoms with E-state index in [4.69, 9.17) is 19.9 Å². The van der Waals surface area contributed by atoms with Gasteiger partial charge in [-0.15, -0.1) is 0 Å². The lowest BCUT2D eigenvalue weighted by atomic mass is 9.67. The molecule has 0 aromatic heterocycles. The van der Waals surface area contributed by atoms with E-state index in [1.165, 1.54) is 36.3 Å². The first-order valence-corrected chi connectivity index (χ1v) is 14.9. The lowest BCUT2D eigenvalue weighted by Gasteiger charge is -2.44. The highest BCUT2D eigenvalue weighted by Crippen LogP contribution is 2.52. The van der Waals surface area contributed by atoms with Crippen LogP contribution in [0.3, 0.4) is 0 Å². The van der Waals surface area contributed by atoms with Gasteiger partial charge in [0.25, 0.3) is 0 Å². The summed E-state index contributed by atoms with van der Waals surface area (Å²) in [5, 5.41) is 0. The fourth-order valence-electron chi connectivity index (χ4n) is 6.21. The molecule has 8 nitrogen and oxygen atoms in total. The Balaban J connectivity index is 1.82. The first kappa shape index (κ1) is 33.2. The summed E-state index contributed by atoms with van der Waals surface area (Å²) in [5.74, 6) is -6.06. The highest BCUT2D eigenvalue weighted by molar-refractivity contribution is 6.14. The minimum atomic E-state index is -4.62. The zero-order valence-corrected chi connectivity index (χ0v) is 25.8. The van der Waals surface area contributed by atoms with Crippen molar-refractivity contribution in [1.29, 1.82) is 0 Å². The molecule has 47 heavy (non-hydrogen) atoms. The SMILES string of the molecule is CCOC(=O)C1=C(N)N(c2ccc(C(F)(F)F)cc2)C2=C(C(=O)[C@@H](C(=O)OCC)[C@H](c3cccc(OC)c3)C2)[C@@H]1c1ccc(F)cc1. The van der Waals surface area contributed by atoms with Crippen molar-refractivity contribution in [1.82, 2.24) is 0 Å². The standard InChI is InChI=1S/C35H32F4N2O6/c1-4-46-33(43)28-25(20-7-6-8-24(17-20)45-3)18-26-29(31(28)42)27(19-9-13-22(36)14-10-19)30(34(44)47-5-2)32(40)41(26)23-15-11-21(12-16-23)35(37,38)39/h6-17,25,27-28H,4-5,18,40H2,1-3H3/t25-,27-,28-/m0/s1.